The molecule has 4 aromatic rings. The Morgan fingerprint density at radius 2 is 1.89 bits per heavy atom. The third-order valence-corrected chi connectivity index (χ3v) is 6.79. The summed E-state index contributed by atoms with van der Waals surface area (Å²) in [4.78, 5) is 13.8. The number of methoxy groups -OCH3 is 1. The van der Waals surface area contributed by atoms with Crippen molar-refractivity contribution >= 4 is 28.1 Å². The number of para-hydroxylation sites is 1. The molecule has 1 aliphatic rings. The van der Waals surface area contributed by atoms with Crippen LogP contribution in [0.4, 0.5) is 17.2 Å². The Bertz CT molecular complexity index is 1330. The van der Waals surface area contributed by atoms with E-state index in [1.54, 1.807) is 13.3 Å². The highest BCUT2D eigenvalue weighted by atomic mass is 16.5. The maximum Gasteiger partial charge on any atom is 0.214 e. The molecule has 0 radical (unpaired) electrons. The van der Waals surface area contributed by atoms with Crippen molar-refractivity contribution in [2.24, 2.45) is 5.92 Å². The molecule has 0 saturated heterocycles. The van der Waals surface area contributed by atoms with Gasteiger partial charge in [-0.2, -0.15) is 0 Å². The van der Waals surface area contributed by atoms with Crippen molar-refractivity contribution in [3.63, 3.8) is 0 Å². The average Bonchev–Trinajstić information content (AvgIpc) is 3.33. The molecule has 35 heavy (non-hydrogen) atoms. The van der Waals surface area contributed by atoms with Crippen molar-refractivity contribution in [2.75, 3.05) is 17.7 Å². The molecule has 7 heteroatoms. The molecular formula is C28H31N5O2. The molecule has 7 nitrogen and oxygen atoms in total. The summed E-state index contributed by atoms with van der Waals surface area (Å²) >= 11 is 0. The molecule has 1 aliphatic carbocycles. The fourth-order valence-electron chi connectivity index (χ4n) is 4.78. The lowest BCUT2D eigenvalue weighted by Gasteiger charge is -2.26. The van der Waals surface area contributed by atoms with Gasteiger partial charge < -0.3 is 20.5 Å². The molecule has 1 saturated carbocycles. The third-order valence-electron chi connectivity index (χ3n) is 6.79. The smallest absolute Gasteiger partial charge is 0.214 e. The van der Waals surface area contributed by atoms with E-state index in [1.807, 2.05) is 62.5 Å². The Morgan fingerprint density at radius 3 is 2.69 bits per heavy atom. The molecule has 2 atom stereocenters. The summed E-state index contributed by atoms with van der Waals surface area (Å²) in [5.74, 6) is 1.52. The van der Waals surface area contributed by atoms with E-state index < -0.39 is 5.60 Å². The number of hydrogen-bond acceptors (Lipinski definition) is 7. The maximum absolute atomic E-state index is 10.5. The molecular weight excluding hydrogens is 438 g/mol. The number of hydrogen-bond donors (Lipinski definition) is 3. The molecule has 2 unspecified atom stereocenters. The second kappa shape index (κ2) is 9.50. The van der Waals surface area contributed by atoms with Gasteiger partial charge in [0.05, 0.1) is 23.9 Å². The molecule has 0 aliphatic heterocycles. The molecule has 0 bridgehead atoms. The van der Waals surface area contributed by atoms with E-state index in [2.05, 4.69) is 32.7 Å². The van der Waals surface area contributed by atoms with E-state index in [9.17, 15) is 5.11 Å². The SMILES string of the molecule is COc1cc(Nc2cc(NC3CCC(C(C)(C)O)C3)c(-c3ccc4ccccc4n3)cn2)ccn1. The molecule has 0 spiro atoms. The van der Waals surface area contributed by atoms with Gasteiger partial charge in [0.1, 0.15) is 5.82 Å². The van der Waals surface area contributed by atoms with E-state index in [0.717, 1.165) is 52.8 Å². The monoisotopic (exact) mass is 469 g/mol. The van der Waals surface area contributed by atoms with Crippen molar-refractivity contribution in [1.82, 2.24) is 15.0 Å². The first-order chi connectivity index (χ1) is 16.9. The summed E-state index contributed by atoms with van der Waals surface area (Å²) in [5, 5.41) is 18.7. The lowest BCUT2D eigenvalue weighted by atomic mass is 9.89. The first-order valence-electron chi connectivity index (χ1n) is 12.0. The van der Waals surface area contributed by atoms with Crippen molar-refractivity contribution in [3.8, 4) is 17.1 Å². The predicted octanol–water partition coefficient (Wildman–Crippen LogP) is 5.80. The average molecular weight is 470 g/mol. The van der Waals surface area contributed by atoms with Gasteiger partial charge in [0.15, 0.2) is 0 Å². The quantitative estimate of drug-likeness (QED) is 0.315. The first-order valence-corrected chi connectivity index (χ1v) is 12.0. The molecule has 1 aromatic carbocycles. The van der Waals surface area contributed by atoms with Crippen LogP contribution >= 0.6 is 0 Å². The molecule has 3 N–H and O–H groups in total. The molecule has 1 fully saturated rings. The van der Waals surface area contributed by atoms with E-state index >= 15 is 0 Å². The van der Waals surface area contributed by atoms with Crippen LogP contribution in [0.2, 0.25) is 0 Å². The molecule has 3 heterocycles. The Labute approximate surface area is 205 Å². The fourth-order valence-corrected chi connectivity index (χ4v) is 4.78. The minimum atomic E-state index is -0.676. The van der Waals surface area contributed by atoms with Gasteiger partial charge in [-0.05, 0) is 57.2 Å². The highest BCUT2D eigenvalue weighted by Crippen LogP contribution is 2.38. The Balaban J connectivity index is 1.48. The van der Waals surface area contributed by atoms with E-state index in [0.29, 0.717) is 11.7 Å². The van der Waals surface area contributed by atoms with Crippen LogP contribution in [0.3, 0.4) is 0 Å². The van der Waals surface area contributed by atoms with E-state index in [1.165, 1.54) is 0 Å². The number of rotatable bonds is 7. The molecule has 180 valence electrons. The van der Waals surface area contributed by atoms with Crippen LogP contribution in [0, 0.1) is 5.92 Å². The van der Waals surface area contributed by atoms with Gasteiger partial charge >= 0.3 is 0 Å². The van der Waals surface area contributed by atoms with Gasteiger partial charge in [0.25, 0.3) is 0 Å². The number of nitrogens with zero attached hydrogens (tertiary/aromatic N) is 3. The van der Waals surface area contributed by atoms with Crippen molar-refractivity contribution in [1.29, 1.82) is 0 Å². The van der Waals surface area contributed by atoms with Crippen molar-refractivity contribution in [2.45, 2.75) is 44.8 Å². The number of benzene rings is 1. The third kappa shape index (κ3) is 5.20. The maximum atomic E-state index is 10.5. The van der Waals surface area contributed by atoms with Crippen molar-refractivity contribution in [3.05, 3.63) is 67.0 Å². The Kier molecular flexibility index (Phi) is 6.26. The van der Waals surface area contributed by atoms with Crippen LogP contribution in [0.25, 0.3) is 22.2 Å². The van der Waals surface area contributed by atoms with Crippen LogP contribution in [-0.2, 0) is 0 Å². The zero-order chi connectivity index (χ0) is 24.4. The van der Waals surface area contributed by atoms with Gasteiger partial charge in [0, 0.05) is 52.9 Å². The van der Waals surface area contributed by atoms with Crippen LogP contribution in [-0.4, -0.2) is 38.8 Å². The molecule has 0 amide bonds. The highest BCUT2D eigenvalue weighted by molar-refractivity contribution is 5.85. The largest absolute Gasteiger partial charge is 0.481 e. The Hall–Kier alpha value is -3.71. The summed E-state index contributed by atoms with van der Waals surface area (Å²) < 4.78 is 5.24. The number of anilines is 3. The zero-order valence-electron chi connectivity index (χ0n) is 20.3. The lowest BCUT2D eigenvalue weighted by molar-refractivity contribution is 0.0197. The number of ether oxygens (including phenoxy) is 1. The van der Waals surface area contributed by atoms with Gasteiger partial charge in [-0.1, -0.05) is 24.3 Å². The van der Waals surface area contributed by atoms with Crippen molar-refractivity contribution < 1.29 is 9.84 Å². The zero-order valence-corrected chi connectivity index (χ0v) is 20.3. The number of aromatic nitrogens is 3. The van der Waals surface area contributed by atoms with Gasteiger partial charge in [-0.3, -0.25) is 0 Å². The number of pyridine rings is 3. The molecule has 5 rings (SSSR count). The summed E-state index contributed by atoms with van der Waals surface area (Å²) in [5.41, 5.74) is 3.89. The number of aliphatic hydroxyl groups is 1. The van der Waals surface area contributed by atoms with Gasteiger partial charge in [0.2, 0.25) is 5.88 Å². The van der Waals surface area contributed by atoms with Crippen LogP contribution in [0.5, 0.6) is 5.88 Å². The standard InChI is InChI=1S/C28H31N5O2/c1-28(2,34)19-9-10-20(14-19)31-25-16-26(32-21-12-13-29-27(15-21)35-3)30-17-22(25)24-11-8-18-6-4-5-7-23(18)33-24/h4-8,11-13,15-17,19-20,34H,9-10,14H2,1-3H3,(H2,29,30,31,32). The van der Waals surface area contributed by atoms with Gasteiger partial charge in [-0.15, -0.1) is 0 Å². The topological polar surface area (TPSA) is 92.2 Å². The number of nitrogens with one attached hydrogen (secondary N) is 2. The normalized spacial score (nSPS) is 17.9. The van der Waals surface area contributed by atoms with Crippen LogP contribution < -0.4 is 15.4 Å². The minimum Gasteiger partial charge on any atom is -0.481 e. The van der Waals surface area contributed by atoms with Crippen LogP contribution in [0.1, 0.15) is 33.1 Å². The van der Waals surface area contributed by atoms with Crippen LogP contribution in [0.15, 0.2) is 67.0 Å². The van der Waals surface area contributed by atoms with E-state index in [4.69, 9.17) is 9.72 Å². The fraction of sp³-hybridized carbons (Fsp3) is 0.321. The summed E-state index contributed by atoms with van der Waals surface area (Å²) in [7, 11) is 1.60. The summed E-state index contributed by atoms with van der Waals surface area (Å²) in [6.45, 7) is 3.81. The lowest BCUT2D eigenvalue weighted by Crippen LogP contribution is -2.30. The minimum absolute atomic E-state index is 0.266. The Morgan fingerprint density at radius 1 is 1.03 bits per heavy atom. The highest BCUT2D eigenvalue weighted by Gasteiger charge is 2.34. The van der Waals surface area contributed by atoms with E-state index in [-0.39, 0.29) is 12.0 Å². The first kappa shape index (κ1) is 23.1. The molecule has 3 aromatic heterocycles. The second-order valence-corrected chi connectivity index (χ2v) is 9.72. The number of fused-ring (bicyclic) bond motifs is 1. The second-order valence-electron chi connectivity index (χ2n) is 9.72. The van der Waals surface area contributed by atoms with Gasteiger partial charge in [-0.25, -0.2) is 15.0 Å². The predicted molar refractivity (Wildman–Crippen MR) is 140 cm³/mol. The summed E-state index contributed by atoms with van der Waals surface area (Å²) in [6.07, 6.45) is 6.48. The summed E-state index contributed by atoms with van der Waals surface area (Å²) in [6, 6.07) is 18.2.